The molecule has 0 unspecified atom stereocenters. The highest BCUT2D eigenvalue weighted by Gasteiger charge is 2.53. The fourth-order valence-electron chi connectivity index (χ4n) is 4.20. The van der Waals surface area contributed by atoms with E-state index in [0.29, 0.717) is 22.2 Å². The molecule has 0 saturated carbocycles. The SMILES string of the molecule is N#Cc1ccc(N2C[C@@H](C(F)(F)F)[C@H](C(=O)N[C@H]3CNC[C@H]3F)C2)c2cccnc12. The summed E-state index contributed by atoms with van der Waals surface area (Å²) in [7, 11) is 0. The van der Waals surface area contributed by atoms with Crippen LogP contribution in [0, 0.1) is 23.2 Å². The van der Waals surface area contributed by atoms with Gasteiger partial charge in [0.15, 0.2) is 0 Å². The van der Waals surface area contributed by atoms with E-state index in [1.54, 1.807) is 18.2 Å². The highest BCUT2D eigenvalue weighted by molar-refractivity contribution is 5.95. The second kappa shape index (κ2) is 7.72. The Bertz CT molecular complexity index is 1000. The number of alkyl halides is 4. The monoisotopic (exact) mass is 421 g/mol. The number of hydrogen-bond acceptors (Lipinski definition) is 5. The Morgan fingerprint density at radius 3 is 2.73 bits per heavy atom. The molecule has 0 spiro atoms. The highest BCUT2D eigenvalue weighted by Crippen LogP contribution is 2.41. The zero-order valence-corrected chi connectivity index (χ0v) is 15.8. The van der Waals surface area contributed by atoms with Crippen LogP contribution in [0.5, 0.6) is 0 Å². The minimum atomic E-state index is -4.58. The summed E-state index contributed by atoms with van der Waals surface area (Å²) in [5.74, 6) is -4.04. The summed E-state index contributed by atoms with van der Waals surface area (Å²) in [6.07, 6.45) is -4.40. The van der Waals surface area contributed by atoms with Gasteiger partial charge in [-0.1, -0.05) is 0 Å². The van der Waals surface area contributed by atoms with E-state index in [2.05, 4.69) is 15.6 Å². The number of hydrogen-bond donors (Lipinski definition) is 2. The van der Waals surface area contributed by atoms with Crippen LogP contribution in [0.25, 0.3) is 10.9 Å². The van der Waals surface area contributed by atoms with Crippen molar-refractivity contribution in [3.05, 3.63) is 36.0 Å². The summed E-state index contributed by atoms with van der Waals surface area (Å²) >= 11 is 0. The number of nitrogens with zero attached hydrogens (tertiary/aromatic N) is 3. The molecule has 30 heavy (non-hydrogen) atoms. The highest BCUT2D eigenvalue weighted by atomic mass is 19.4. The molecule has 2 aromatic rings. The third-order valence-electron chi connectivity index (χ3n) is 5.75. The molecule has 2 aliphatic heterocycles. The summed E-state index contributed by atoms with van der Waals surface area (Å²) in [5.41, 5.74) is 1.19. The Labute approximate surface area is 169 Å². The van der Waals surface area contributed by atoms with Gasteiger partial charge in [-0.15, -0.1) is 0 Å². The minimum absolute atomic E-state index is 0.0642. The predicted octanol–water partition coefficient (Wildman–Crippen LogP) is 2.15. The Kier molecular flexibility index (Phi) is 5.24. The van der Waals surface area contributed by atoms with Crippen molar-refractivity contribution < 1.29 is 22.4 Å². The van der Waals surface area contributed by atoms with Gasteiger partial charge in [0.05, 0.1) is 29.0 Å². The molecule has 3 heterocycles. The van der Waals surface area contributed by atoms with E-state index < -0.39 is 42.7 Å². The van der Waals surface area contributed by atoms with Gasteiger partial charge in [0.2, 0.25) is 5.91 Å². The molecule has 1 amide bonds. The smallest absolute Gasteiger partial charge is 0.370 e. The topological polar surface area (TPSA) is 81.0 Å². The van der Waals surface area contributed by atoms with Gasteiger partial charge in [-0.05, 0) is 24.3 Å². The summed E-state index contributed by atoms with van der Waals surface area (Å²) in [4.78, 5) is 18.3. The molecular weight excluding hydrogens is 402 g/mol. The molecule has 1 aromatic heterocycles. The molecule has 2 fully saturated rings. The van der Waals surface area contributed by atoms with E-state index in [-0.39, 0.29) is 19.6 Å². The number of aromatic nitrogens is 1. The first-order valence-corrected chi connectivity index (χ1v) is 9.54. The largest absolute Gasteiger partial charge is 0.394 e. The van der Waals surface area contributed by atoms with Crippen molar-refractivity contribution in [3.8, 4) is 6.07 Å². The summed E-state index contributed by atoms with van der Waals surface area (Å²) < 4.78 is 55.0. The van der Waals surface area contributed by atoms with Gasteiger partial charge < -0.3 is 15.5 Å². The van der Waals surface area contributed by atoms with E-state index >= 15 is 0 Å². The maximum Gasteiger partial charge on any atom is 0.394 e. The van der Waals surface area contributed by atoms with Crippen molar-refractivity contribution >= 4 is 22.5 Å². The molecule has 2 saturated heterocycles. The van der Waals surface area contributed by atoms with Crippen molar-refractivity contribution in [3.63, 3.8) is 0 Å². The fraction of sp³-hybridized carbons (Fsp3) is 0.450. The van der Waals surface area contributed by atoms with Crippen LogP contribution in [0.2, 0.25) is 0 Å². The molecule has 6 nitrogen and oxygen atoms in total. The quantitative estimate of drug-likeness (QED) is 0.743. The summed E-state index contributed by atoms with van der Waals surface area (Å²) in [5, 5.41) is 15.0. The Morgan fingerprint density at radius 1 is 1.27 bits per heavy atom. The Morgan fingerprint density at radius 2 is 2.07 bits per heavy atom. The maximum absolute atomic E-state index is 13.8. The first kappa shape index (κ1) is 20.3. The standard InChI is InChI=1S/C20H19F4N5O/c21-15-7-26-8-16(15)28-19(30)13-9-29(10-14(13)20(22,23)24)17-4-3-11(6-25)18-12(17)2-1-5-27-18/h1-5,13-16,26H,7-10H2,(H,28,30)/t13-,14-,15-,16+/m1/s1. The van der Waals surface area contributed by atoms with Crippen molar-refractivity contribution in [1.82, 2.24) is 15.6 Å². The van der Waals surface area contributed by atoms with Gasteiger partial charge in [0, 0.05) is 43.4 Å². The van der Waals surface area contributed by atoms with Gasteiger partial charge in [-0.3, -0.25) is 9.78 Å². The number of halogens is 4. The van der Waals surface area contributed by atoms with Crippen LogP contribution in [-0.4, -0.2) is 55.5 Å². The van der Waals surface area contributed by atoms with Gasteiger partial charge in [-0.25, -0.2) is 4.39 Å². The van der Waals surface area contributed by atoms with Crippen molar-refractivity contribution in [1.29, 1.82) is 5.26 Å². The van der Waals surface area contributed by atoms with E-state index in [4.69, 9.17) is 0 Å². The number of amides is 1. The first-order chi connectivity index (χ1) is 14.3. The molecular formula is C20H19F4N5O. The summed E-state index contributed by atoms with van der Waals surface area (Å²) in [6, 6.07) is 7.61. The second-order valence-corrected chi connectivity index (χ2v) is 7.59. The molecule has 4 rings (SSSR count). The number of benzene rings is 1. The van der Waals surface area contributed by atoms with Gasteiger partial charge in [0.25, 0.3) is 0 Å². The lowest BCUT2D eigenvalue weighted by Gasteiger charge is -2.22. The van der Waals surface area contributed by atoms with Crippen molar-refractivity contribution in [2.75, 3.05) is 31.1 Å². The Hall–Kier alpha value is -2.93. The second-order valence-electron chi connectivity index (χ2n) is 7.59. The molecule has 1 aromatic carbocycles. The number of nitrogens with one attached hydrogen (secondary N) is 2. The van der Waals surface area contributed by atoms with E-state index in [0.717, 1.165) is 0 Å². The molecule has 0 radical (unpaired) electrons. The maximum atomic E-state index is 13.8. The average molecular weight is 421 g/mol. The van der Waals surface area contributed by atoms with E-state index in [9.17, 15) is 27.6 Å². The van der Waals surface area contributed by atoms with Crippen LogP contribution in [0.4, 0.5) is 23.2 Å². The van der Waals surface area contributed by atoms with E-state index in [1.807, 2.05) is 6.07 Å². The number of fused-ring (bicyclic) bond motifs is 1. The third kappa shape index (κ3) is 3.65. The number of pyridine rings is 1. The van der Waals surface area contributed by atoms with Crippen LogP contribution >= 0.6 is 0 Å². The molecule has 0 aliphatic carbocycles. The third-order valence-corrected chi connectivity index (χ3v) is 5.75. The Balaban J connectivity index is 1.64. The van der Waals surface area contributed by atoms with Gasteiger partial charge in [0.1, 0.15) is 12.2 Å². The zero-order chi connectivity index (χ0) is 21.5. The minimum Gasteiger partial charge on any atom is -0.370 e. The van der Waals surface area contributed by atoms with Crippen LogP contribution in [-0.2, 0) is 4.79 Å². The number of carbonyl (C=O) groups excluding carboxylic acids is 1. The zero-order valence-electron chi connectivity index (χ0n) is 15.8. The molecule has 158 valence electrons. The molecule has 4 atom stereocenters. The lowest BCUT2D eigenvalue weighted by molar-refractivity contribution is -0.182. The molecule has 10 heteroatoms. The number of carbonyl (C=O) groups is 1. The lowest BCUT2D eigenvalue weighted by atomic mass is 9.94. The van der Waals surface area contributed by atoms with Crippen LogP contribution in [0.1, 0.15) is 5.56 Å². The normalized spacial score (nSPS) is 26.7. The molecule has 0 bridgehead atoms. The van der Waals surface area contributed by atoms with Crippen LogP contribution < -0.4 is 15.5 Å². The molecule has 2 aliphatic rings. The van der Waals surface area contributed by atoms with Crippen LogP contribution in [0.3, 0.4) is 0 Å². The van der Waals surface area contributed by atoms with E-state index in [1.165, 1.54) is 17.2 Å². The number of anilines is 1. The summed E-state index contributed by atoms with van der Waals surface area (Å²) in [6.45, 7) is -0.316. The van der Waals surface area contributed by atoms with Gasteiger partial charge >= 0.3 is 6.18 Å². The van der Waals surface area contributed by atoms with Crippen molar-refractivity contribution in [2.24, 2.45) is 11.8 Å². The predicted molar refractivity (Wildman–Crippen MR) is 101 cm³/mol. The first-order valence-electron chi connectivity index (χ1n) is 9.54. The fourth-order valence-corrected chi connectivity index (χ4v) is 4.20. The molecule has 2 N–H and O–H groups in total. The average Bonchev–Trinajstić information content (AvgIpc) is 3.34. The van der Waals surface area contributed by atoms with Crippen LogP contribution in [0.15, 0.2) is 30.5 Å². The number of nitriles is 1. The van der Waals surface area contributed by atoms with Gasteiger partial charge in [-0.2, -0.15) is 18.4 Å². The lowest BCUT2D eigenvalue weighted by Crippen LogP contribution is -2.47. The number of rotatable bonds is 3. The van der Waals surface area contributed by atoms with Crippen molar-refractivity contribution in [2.45, 2.75) is 18.4 Å².